The Balaban J connectivity index is 1.94. The molecule has 0 fully saturated rings. The first-order valence-electron chi connectivity index (χ1n) is 7.61. The maximum Gasteiger partial charge on any atom is -0.0192 e. The number of allylic oxidation sites excluding steroid dienone is 3. The number of unbranched alkanes of at least 4 members (excludes halogenated alkanes) is 6. The first-order chi connectivity index (χ1) is 8.29. The van der Waals surface area contributed by atoms with E-state index in [9.17, 15) is 0 Å². The van der Waals surface area contributed by atoms with Gasteiger partial charge in [-0.15, -0.1) is 6.58 Å². The Hall–Kier alpha value is -0.520. The van der Waals surface area contributed by atoms with Crippen LogP contribution in [-0.4, -0.2) is 0 Å². The molecule has 0 heterocycles. The summed E-state index contributed by atoms with van der Waals surface area (Å²) >= 11 is 0. The van der Waals surface area contributed by atoms with Crippen molar-refractivity contribution in [2.75, 3.05) is 0 Å². The Morgan fingerprint density at radius 3 is 2.35 bits per heavy atom. The molecular formula is C17H30. The number of hydrogen-bond acceptors (Lipinski definition) is 0. The highest BCUT2D eigenvalue weighted by Gasteiger charge is 2.22. The summed E-state index contributed by atoms with van der Waals surface area (Å²) in [6.07, 6.45) is 15.8. The maximum atomic E-state index is 3.76. The van der Waals surface area contributed by atoms with Gasteiger partial charge in [0.25, 0.3) is 0 Å². The van der Waals surface area contributed by atoms with E-state index in [-0.39, 0.29) is 0 Å². The van der Waals surface area contributed by atoms with Gasteiger partial charge in [-0.05, 0) is 44.4 Å². The molecule has 0 radical (unpaired) electrons. The van der Waals surface area contributed by atoms with Crippen LogP contribution >= 0.6 is 0 Å². The van der Waals surface area contributed by atoms with Crippen LogP contribution in [0, 0.1) is 5.92 Å². The molecule has 0 aromatic rings. The van der Waals surface area contributed by atoms with Crippen LogP contribution in [0.5, 0.6) is 0 Å². The molecule has 0 bridgehead atoms. The lowest BCUT2D eigenvalue weighted by atomic mass is 9.75. The van der Waals surface area contributed by atoms with Gasteiger partial charge in [-0.25, -0.2) is 0 Å². The lowest BCUT2D eigenvalue weighted by Gasteiger charge is -2.31. The molecule has 17 heavy (non-hydrogen) atoms. The number of hydrogen-bond donors (Lipinski definition) is 0. The summed E-state index contributed by atoms with van der Waals surface area (Å²) in [5, 5.41) is 0. The average molecular weight is 234 g/mol. The summed E-state index contributed by atoms with van der Waals surface area (Å²) in [6.45, 7) is 8.45. The second kappa shape index (κ2) is 8.55. The highest BCUT2D eigenvalue weighted by molar-refractivity contribution is 5.27. The van der Waals surface area contributed by atoms with E-state index in [1.54, 1.807) is 11.1 Å². The molecule has 0 saturated carbocycles. The third-order valence-electron chi connectivity index (χ3n) is 4.12. The molecule has 0 saturated heterocycles. The fourth-order valence-electron chi connectivity index (χ4n) is 3.04. The van der Waals surface area contributed by atoms with E-state index in [1.165, 1.54) is 64.2 Å². The van der Waals surface area contributed by atoms with Crippen LogP contribution in [0.3, 0.4) is 0 Å². The second-order valence-corrected chi connectivity index (χ2v) is 5.54. The minimum Gasteiger partial charge on any atom is -0.103 e. The van der Waals surface area contributed by atoms with E-state index in [2.05, 4.69) is 20.4 Å². The van der Waals surface area contributed by atoms with Crippen molar-refractivity contribution in [1.82, 2.24) is 0 Å². The second-order valence-electron chi connectivity index (χ2n) is 5.54. The zero-order valence-electron chi connectivity index (χ0n) is 11.9. The molecule has 0 aromatic carbocycles. The van der Waals surface area contributed by atoms with Gasteiger partial charge in [0, 0.05) is 0 Å². The van der Waals surface area contributed by atoms with Crippen molar-refractivity contribution in [2.24, 2.45) is 5.92 Å². The molecule has 1 atom stereocenters. The van der Waals surface area contributed by atoms with Gasteiger partial charge in [-0.1, -0.05) is 56.8 Å². The zero-order chi connectivity index (χ0) is 12.5. The third kappa shape index (κ3) is 5.10. The minimum atomic E-state index is 0.897. The highest BCUT2D eigenvalue weighted by atomic mass is 14.3. The Kier molecular flexibility index (Phi) is 7.32. The summed E-state index contributed by atoms with van der Waals surface area (Å²) < 4.78 is 0. The zero-order valence-corrected chi connectivity index (χ0v) is 11.9. The third-order valence-corrected chi connectivity index (χ3v) is 4.12. The van der Waals surface area contributed by atoms with Crippen LogP contribution in [0.15, 0.2) is 23.8 Å². The van der Waals surface area contributed by atoms with E-state index in [1.807, 2.05) is 6.08 Å². The topological polar surface area (TPSA) is 0 Å². The smallest absolute Gasteiger partial charge is 0.0192 e. The normalized spacial score (nSPS) is 19.3. The van der Waals surface area contributed by atoms with Gasteiger partial charge in [-0.3, -0.25) is 0 Å². The minimum absolute atomic E-state index is 0.897. The summed E-state index contributed by atoms with van der Waals surface area (Å²) in [5.41, 5.74) is 3.57. The van der Waals surface area contributed by atoms with Crippen LogP contribution in [0.4, 0.5) is 0 Å². The molecule has 98 valence electrons. The van der Waals surface area contributed by atoms with Gasteiger partial charge in [0.2, 0.25) is 0 Å². The van der Waals surface area contributed by atoms with Gasteiger partial charge < -0.3 is 0 Å². The standard InChI is InChI=1S/C17H30/c1-4-6-7-8-9-10-11-12-13-16-14-15(3)17(16)5-2/h4,15H,1,5-14H2,2-3H3. The van der Waals surface area contributed by atoms with Crippen molar-refractivity contribution in [3.8, 4) is 0 Å². The Bertz CT molecular complexity index is 247. The van der Waals surface area contributed by atoms with Gasteiger partial charge >= 0.3 is 0 Å². The summed E-state index contributed by atoms with van der Waals surface area (Å²) in [4.78, 5) is 0. The first kappa shape index (κ1) is 14.5. The molecule has 0 N–H and O–H groups in total. The molecule has 1 aliphatic rings. The molecule has 1 rings (SSSR count). The van der Waals surface area contributed by atoms with Gasteiger partial charge in [-0.2, -0.15) is 0 Å². The van der Waals surface area contributed by atoms with Crippen LogP contribution in [0.2, 0.25) is 0 Å². The van der Waals surface area contributed by atoms with Crippen LogP contribution in [-0.2, 0) is 0 Å². The number of rotatable bonds is 10. The lowest BCUT2D eigenvalue weighted by Crippen LogP contribution is -2.15. The largest absolute Gasteiger partial charge is 0.103 e. The Labute approximate surface area is 108 Å². The molecule has 0 nitrogen and oxygen atoms in total. The van der Waals surface area contributed by atoms with Crippen LogP contribution in [0.25, 0.3) is 0 Å². The molecular weight excluding hydrogens is 204 g/mol. The predicted molar refractivity (Wildman–Crippen MR) is 78.2 cm³/mol. The van der Waals surface area contributed by atoms with Crippen molar-refractivity contribution in [2.45, 2.75) is 78.1 Å². The quantitative estimate of drug-likeness (QED) is 0.319. The fourth-order valence-corrected chi connectivity index (χ4v) is 3.04. The summed E-state index contributed by atoms with van der Waals surface area (Å²) in [7, 11) is 0. The Morgan fingerprint density at radius 2 is 1.76 bits per heavy atom. The molecule has 0 heteroatoms. The van der Waals surface area contributed by atoms with E-state index in [0.717, 1.165) is 5.92 Å². The molecule has 0 spiro atoms. The molecule has 0 aromatic heterocycles. The van der Waals surface area contributed by atoms with Crippen LogP contribution < -0.4 is 0 Å². The molecule has 0 amide bonds. The van der Waals surface area contributed by atoms with E-state index in [4.69, 9.17) is 0 Å². The summed E-state index contributed by atoms with van der Waals surface area (Å²) in [5.74, 6) is 0.897. The van der Waals surface area contributed by atoms with E-state index < -0.39 is 0 Å². The van der Waals surface area contributed by atoms with Crippen molar-refractivity contribution in [3.63, 3.8) is 0 Å². The fraction of sp³-hybridized carbons (Fsp3) is 0.765. The van der Waals surface area contributed by atoms with Gasteiger partial charge in [0.05, 0.1) is 0 Å². The molecule has 0 aliphatic heterocycles. The average Bonchev–Trinajstić information content (AvgIpc) is 2.31. The van der Waals surface area contributed by atoms with Crippen LogP contribution in [0.1, 0.15) is 78.1 Å². The SMILES string of the molecule is C=CCCCCCCCCC1=C(CC)C(C)C1. The van der Waals surface area contributed by atoms with Gasteiger partial charge in [0.15, 0.2) is 0 Å². The molecule has 1 unspecified atom stereocenters. The van der Waals surface area contributed by atoms with E-state index >= 15 is 0 Å². The Morgan fingerprint density at radius 1 is 1.12 bits per heavy atom. The predicted octanol–water partition coefficient (Wildman–Crippen LogP) is 6.04. The highest BCUT2D eigenvalue weighted by Crippen LogP contribution is 2.39. The summed E-state index contributed by atoms with van der Waals surface area (Å²) in [6, 6.07) is 0. The molecule has 1 aliphatic carbocycles. The van der Waals surface area contributed by atoms with Gasteiger partial charge in [0.1, 0.15) is 0 Å². The van der Waals surface area contributed by atoms with Crippen molar-refractivity contribution in [1.29, 1.82) is 0 Å². The van der Waals surface area contributed by atoms with Crippen molar-refractivity contribution < 1.29 is 0 Å². The first-order valence-corrected chi connectivity index (χ1v) is 7.61. The van der Waals surface area contributed by atoms with Crippen molar-refractivity contribution in [3.05, 3.63) is 23.8 Å². The lowest BCUT2D eigenvalue weighted by molar-refractivity contribution is 0.516. The van der Waals surface area contributed by atoms with Crippen molar-refractivity contribution >= 4 is 0 Å². The monoisotopic (exact) mass is 234 g/mol. The maximum absolute atomic E-state index is 3.76. The van der Waals surface area contributed by atoms with E-state index in [0.29, 0.717) is 0 Å².